The molecule has 1 unspecified atom stereocenters. The molecule has 0 aromatic heterocycles. The van der Waals surface area contributed by atoms with Crippen molar-refractivity contribution in [3.8, 4) is 11.5 Å². The quantitative estimate of drug-likeness (QED) is 0.781. The zero-order chi connectivity index (χ0) is 13.2. The fourth-order valence-electron chi connectivity index (χ4n) is 2.48. The molecule has 2 heterocycles. The van der Waals surface area contributed by atoms with Crippen LogP contribution in [0.3, 0.4) is 0 Å². The van der Waals surface area contributed by atoms with Crippen LogP contribution in [0.15, 0.2) is 18.2 Å². The third kappa shape index (κ3) is 2.36. The minimum absolute atomic E-state index is 0.00879. The minimum Gasteiger partial charge on any atom is -0.454 e. The maximum Gasteiger partial charge on any atom is 0.238 e. The zero-order valence-corrected chi connectivity index (χ0v) is 10.6. The number of rotatable bonds is 3. The summed E-state index contributed by atoms with van der Waals surface area (Å²) in [5, 5.41) is 2.84. The minimum atomic E-state index is -0.251. The lowest BCUT2D eigenvalue weighted by Gasteiger charge is -2.34. The third-order valence-corrected chi connectivity index (χ3v) is 3.49. The summed E-state index contributed by atoms with van der Waals surface area (Å²) in [7, 11) is 0. The highest BCUT2D eigenvalue weighted by atomic mass is 16.7. The Labute approximate surface area is 111 Å². The van der Waals surface area contributed by atoms with Crippen LogP contribution in [-0.4, -0.2) is 43.3 Å². The van der Waals surface area contributed by atoms with Gasteiger partial charge < -0.3 is 20.5 Å². The van der Waals surface area contributed by atoms with Crippen molar-refractivity contribution >= 4 is 5.91 Å². The SMILES string of the molecule is NCC1C(=O)NCCN1Cc1ccc2c(c1)OCO2. The molecule has 0 spiro atoms. The van der Waals surface area contributed by atoms with E-state index in [1.807, 2.05) is 18.2 Å². The molecule has 1 atom stereocenters. The van der Waals surface area contributed by atoms with Crippen LogP contribution in [0.25, 0.3) is 0 Å². The standard InChI is InChI=1S/C13H17N3O3/c14-6-10-13(17)15-3-4-16(10)7-9-1-2-11-12(5-9)19-8-18-11/h1-2,5,10H,3-4,6-8,14H2,(H,15,17). The van der Waals surface area contributed by atoms with Gasteiger partial charge >= 0.3 is 0 Å². The Morgan fingerprint density at radius 3 is 3.05 bits per heavy atom. The molecular weight excluding hydrogens is 246 g/mol. The molecule has 0 bridgehead atoms. The molecule has 1 amide bonds. The molecule has 3 N–H and O–H groups in total. The van der Waals surface area contributed by atoms with Crippen molar-refractivity contribution in [3.63, 3.8) is 0 Å². The number of nitrogens with zero attached hydrogens (tertiary/aromatic N) is 1. The van der Waals surface area contributed by atoms with E-state index in [1.165, 1.54) is 0 Å². The van der Waals surface area contributed by atoms with Gasteiger partial charge in [-0.05, 0) is 17.7 Å². The fourth-order valence-corrected chi connectivity index (χ4v) is 2.48. The zero-order valence-electron chi connectivity index (χ0n) is 10.6. The number of nitrogens with two attached hydrogens (primary N) is 1. The molecule has 0 saturated carbocycles. The summed E-state index contributed by atoms with van der Waals surface area (Å²) in [5.74, 6) is 1.55. The second-order valence-corrected chi connectivity index (χ2v) is 4.70. The van der Waals surface area contributed by atoms with Crippen molar-refractivity contribution < 1.29 is 14.3 Å². The van der Waals surface area contributed by atoms with Gasteiger partial charge in [0.2, 0.25) is 12.7 Å². The third-order valence-electron chi connectivity index (χ3n) is 3.49. The normalized spacial score (nSPS) is 22.4. The highest BCUT2D eigenvalue weighted by molar-refractivity contribution is 5.82. The Kier molecular flexibility index (Phi) is 3.27. The largest absolute Gasteiger partial charge is 0.454 e. The van der Waals surface area contributed by atoms with Crippen molar-refractivity contribution in [2.75, 3.05) is 26.4 Å². The van der Waals surface area contributed by atoms with Crippen molar-refractivity contribution in [1.29, 1.82) is 0 Å². The Balaban J connectivity index is 1.75. The molecule has 0 aliphatic carbocycles. The Morgan fingerprint density at radius 1 is 1.37 bits per heavy atom. The first kappa shape index (κ1) is 12.3. The molecule has 3 rings (SSSR count). The van der Waals surface area contributed by atoms with Crippen molar-refractivity contribution in [2.45, 2.75) is 12.6 Å². The molecule has 1 saturated heterocycles. The average molecular weight is 263 g/mol. The number of amides is 1. The summed E-state index contributed by atoms with van der Waals surface area (Å²) in [6.07, 6.45) is 0. The van der Waals surface area contributed by atoms with Gasteiger partial charge in [-0.2, -0.15) is 0 Å². The number of ether oxygens (including phenoxy) is 2. The molecule has 0 radical (unpaired) electrons. The summed E-state index contributed by atoms with van der Waals surface area (Å²) in [4.78, 5) is 13.8. The molecule has 19 heavy (non-hydrogen) atoms. The van der Waals surface area contributed by atoms with Gasteiger partial charge in [0.15, 0.2) is 11.5 Å². The van der Waals surface area contributed by atoms with Gasteiger partial charge in [0.1, 0.15) is 6.04 Å². The van der Waals surface area contributed by atoms with Crippen LogP contribution in [0.5, 0.6) is 11.5 Å². The highest BCUT2D eigenvalue weighted by Crippen LogP contribution is 2.32. The van der Waals surface area contributed by atoms with Crippen molar-refractivity contribution in [1.82, 2.24) is 10.2 Å². The van der Waals surface area contributed by atoms with Gasteiger partial charge in [-0.3, -0.25) is 9.69 Å². The second kappa shape index (κ2) is 5.07. The van der Waals surface area contributed by atoms with E-state index in [-0.39, 0.29) is 18.7 Å². The predicted octanol–water partition coefficient (Wildman–Crippen LogP) is -0.326. The number of hydrogen-bond acceptors (Lipinski definition) is 5. The molecule has 1 fully saturated rings. The summed E-state index contributed by atoms with van der Waals surface area (Å²) < 4.78 is 10.6. The van der Waals surface area contributed by atoms with Crippen molar-refractivity contribution in [2.24, 2.45) is 5.73 Å². The summed E-state index contributed by atoms with van der Waals surface area (Å²) >= 11 is 0. The number of fused-ring (bicyclic) bond motifs is 1. The van der Waals surface area contributed by atoms with Crippen LogP contribution in [0.1, 0.15) is 5.56 Å². The first-order valence-corrected chi connectivity index (χ1v) is 6.38. The van der Waals surface area contributed by atoms with E-state index in [0.717, 1.165) is 23.6 Å². The van der Waals surface area contributed by atoms with Gasteiger partial charge in [-0.1, -0.05) is 6.07 Å². The van der Waals surface area contributed by atoms with Crippen LogP contribution in [0.2, 0.25) is 0 Å². The fraction of sp³-hybridized carbons (Fsp3) is 0.462. The van der Waals surface area contributed by atoms with Crippen LogP contribution in [0, 0.1) is 0 Å². The van der Waals surface area contributed by atoms with Crippen LogP contribution in [-0.2, 0) is 11.3 Å². The molecule has 1 aromatic rings. The van der Waals surface area contributed by atoms with E-state index in [0.29, 0.717) is 19.6 Å². The molecule has 2 aliphatic heterocycles. The lowest BCUT2D eigenvalue weighted by atomic mass is 10.1. The van der Waals surface area contributed by atoms with Gasteiger partial charge in [0.05, 0.1) is 0 Å². The van der Waals surface area contributed by atoms with Crippen LogP contribution >= 0.6 is 0 Å². The average Bonchev–Trinajstić information content (AvgIpc) is 2.86. The number of benzene rings is 1. The maximum atomic E-state index is 11.7. The lowest BCUT2D eigenvalue weighted by molar-refractivity contribution is -0.128. The molecule has 1 aromatic carbocycles. The molecule has 6 heteroatoms. The number of carbonyl (C=O) groups is 1. The Morgan fingerprint density at radius 2 is 2.21 bits per heavy atom. The maximum absolute atomic E-state index is 11.7. The van der Waals surface area contributed by atoms with E-state index in [1.54, 1.807) is 0 Å². The van der Waals surface area contributed by atoms with E-state index in [2.05, 4.69) is 10.2 Å². The van der Waals surface area contributed by atoms with Gasteiger partial charge in [-0.15, -0.1) is 0 Å². The first-order valence-electron chi connectivity index (χ1n) is 6.38. The molecular formula is C13H17N3O3. The van der Waals surface area contributed by atoms with E-state index >= 15 is 0 Å². The van der Waals surface area contributed by atoms with Gasteiger partial charge in [0, 0.05) is 26.2 Å². The summed E-state index contributed by atoms with van der Waals surface area (Å²) in [6.45, 7) is 2.76. The van der Waals surface area contributed by atoms with E-state index in [9.17, 15) is 4.79 Å². The smallest absolute Gasteiger partial charge is 0.238 e. The number of nitrogens with one attached hydrogen (secondary N) is 1. The van der Waals surface area contributed by atoms with Crippen LogP contribution in [0.4, 0.5) is 0 Å². The van der Waals surface area contributed by atoms with E-state index < -0.39 is 0 Å². The monoisotopic (exact) mass is 263 g/mol. The number of piperazine rings is 1. The molecule has 102 valence electrons. The topological polar surface area (TPSA) is 76.8 Å². The lowest BCUT2D eigenvalue weighted by Crippen LogP contribution is -2.57. The summed E-state index contributed by atoms with van der Waals surface area (Å²) in [5.41, 5.74) is 6.78. The second-order valence-electron chi connectivity index (χ2n) is 4.70. The number of carbonyl (C=O) groups excluding carboxylic acids is 1. The Hall–Kier alpha value is -1.79. The molecule has 2 aliphatic rings. The highest BCUT2D eigenvalue weighted by Gasteiger charge is 2.28. The Bertz CT molecular complexity index is 492. The first-order chi connectivity index (χ1) is 9.28. The number of hydrogen-bond donors (Lipinski definition) is 2. The van der Waals surface area contributed by atoms with Crippen molar-refractivity contribution in [3.05, 3.63) is 23.8 Å². The van der Waals surface area contributed by atoms with Crippen LogP contribution < -0.4 is 20.5 Å². The van der Waals surface area contributed by atoms with E-state index in [4.69, 9.17) is 15.2 Å². The van der Waals surface area contributed by atoms with Gasteiger partial charge in [-0.25, -0.2) is 0 Å². The van der Waals surface area contributed by atoms with Gasteiger partial charge in [0.25, 0.3) is 0 Å². The molecule has 6 nitrogen and oxygen atoms in total. The predicted molar refractivity (Wildman–Crippen MR) is 68.8 cm³/mol. The summed E-state index contributed by atoms with van der Waals surface area (Å²) in [6, 6.07) is 5.61.